The van der Waals surface area contributed by atoms with Crippen molar-refractivity contribution in [2.75, 3.05) is 31.6 Å². The SMILES string of the molecule is C=CCN(CC(=O)O)Cc1ccc2c(c1)CCCN2C. The third kappa shape index (κ3) is 3.61. The van der Waals surface area contributed by atoms with Crippen LogP contribution in [0.5, 0.6) is 0 Å². The standard InChI is InChI=1S/C16H22N2O2/c1-3-8-18(12-16(19)20)11-13-6-7-15-14(10-13)5-4-9-17(15)2/h3,6-7,10H,1,4-5,8-9,11-12H2,2H3,(H,19,20). The molecule has 0 bridgehead atoms. The first kappa shape index (κ1) is 14.6. The molecule has 0 aliphatic carbocycles. The molecule has 0 radical (unpaired) electrons. The van der Waals surface area contributed by atoms with Gasteiger partial charge in [-0.3, -0.25) is 9.69 Å². The van der Waals surface area contributed by atoms with Crippen molar-refractivity contribution in [3.05, 3.63) is 42.0 Å². The Kier molecular flexibility index (Phi) is 4.79. The van der Waals surface area contributed by atoms with Crippen LogP contribution in [0.2, 0.25) is 0 Å². The van der Waals surface area contributed by atoms with Crippen molar-refractivity contribution in [3.63, 3.8) is 0 Å². The molecule has 1 heterocycles. The topological polar surface area (TPSA) is 43.8 Å². The molecular weight excluding hydrogens is 252 g/mol. The van der Waals surface area contributed by atoms with Crippen LogP contribution in [0.4, 0.5) is 5.69 Å². The Morgan fingerprint density at radius 1 is 1.55 bits per heavy atom. The van der Waals surface area contributed by atoms with E-state index in [1.165, 1.54) is 23.2 Å². The number of aryl methyl sites for hydroxylation is 1. The van der Waals surface area contributed by atoms with Crippen LogP contribution in [-0.2, 0) is 17.8 Å². The minimum atomic E-state index is -0.801. The van der Waals surface area contributed by atoms with Gasteiger partial charge in [0, 0.05) is 32.4 Å². The van der Waals surface area contributed by atoms with Gasteiger partial charge in [0.15, 0.2) is 0 Å². The van der Waals surface area contributed by atoms with Gasteiger partial charge >= 0.3 is 5.97 Å². The van der Waals surface area contributed by atoms with Crippen LogP contribution in [0, 0.1) is 0 Å². The first-order chi connectivity index (χ1) is 9.60. The number of rotatable bonds is 6. The highest BCUT2D eigenvalue weighted by atomic mass is 16.4. The van der Waals surface area contributed by atoms with Gasteiger partial charge in [-0.05, 0) is 30.0 Å². The summed E-state index contributed by atoms with van der Waals surface area (Å²) >= 11 is 0. The van der Waals surface area contributed by atoms with Gasteiger partial charge in [0.25, 0.3) is 0 Å². The number of benzene rings is 1. The second-order valence-corrected chi connectivity index (χ2v) is 5.34. The summed E-state index contributed by atoms with van der Waals surface area (Å²) in [5.41, 5.74) is 3.83. The lowest BCUT2D eigenvalue weighted by atomic mass is 9.99. The van der Waals surface area contributed by atoms with Gasteiger partial charge in [-0.15, -0.1) is 6.58 Å². The van der Waals surface area contributed by atoms with Crippen molar-refractivity contribution in [3.8, 4) is 0 Å². The number of carboxylic acids is 1. The fraction of sp³-hybridized carbons (Fsp3) is 0.438. The number of hydrogen-bond donors (Lipinski definition) is 1. The highest BCUT2D eigenvalue weighted by Crippen LogP contribution is 2.27. The maximum Gasteiger partial charge on any atom is 0.317 e. The third-order valence-electron chi connectivity index (χ3n) is 3.65. The Morgan fingerprint density at radius 3 is 3.05 bits per heavy atom. The molecule has 2 rings (SSSR count). The Labute approximate surface area is 120 Å². The summed E-state index contributed by atoms with van der Waals surface area (Å²) < 4.78 is 0. The van der Waals surface area contributed by atoms with Gasteiger partial charge in [0.05, 0.1) is 6.54 Å². The molecule has 20 heavy (non-hydrogen) atoms. The fourth-order valence-corrected chi connectivity index (χ4v) is 2.75. The molecule has 4 heteroatoms. The van der Waals surface area contributed by atoms with Gasteiger partial charge in [-0.1, -0.05) is 18.2 Å². The lowest BCUT2D eigenvalue weighted by Gasteiger charge is -2.28. The number of hydrogen-bond acceptors (Lipinski definition) is 3. The van der Waals surface area contributed by atoms with Crippen LogP contribution < -0.4 is 4.90 Å². The first-order valence-corrected chi connectivity index (χ1v) is 6.98. The molecule has 1 aromatic carbocycles. The van der Waals surface area contributed by atoms with Gasteiger partial charge in [-0.2, -0.15) is 0 Å². The van der Waals surface area contributed by atoms with E-state index in [-0.39, 0.29) is 6.54 Å². The van der Waals surface area contributed by atoms with E-state index < -0.39 is 5.97 Å². The maximum atomic E-state index is 10.9. The van der Waals surface area contributed by atoms with E-state index in [9.17, 15) is 4.79 Å². The Bertz CT molecular complexity index is 499. The number of carbonyl (C=O) groups is 1. The van der Waals surface area contributed by atoms with Crippen molar-refractivity contribution in [1.82, 2.24) is 4.90 Å². The highest BCUT2D eigenvalue weighted by molar-refractivity contribution is 5.69. The first-order valence-electron chi connectivity index (χ1n) is 6.98. The van der Waals surface area contributed by atoms with E-state index in [0.29, 0.717) is 13.1 Å². The minimum Gasteiger partial charge on any atom is -0.480 e. The minimum absolute atomic E-state index is 0.0447. The fourth-order valence-electron chi connectivity index (χ4n) is 2.75. The van der Waals surface area contributed by atoms with Crippen LogP contribution >= 0.6 is 0 Å². The zero-order chi connectivity index (χ0) is 14.5. The summed E-state index contributed by atoms with van der Waals surface area (Å²) in [6.45, 7) is 6.07. The van der Waals surface area contributed by atoms with Crippen LogP contribution in [0.1, 0.15) is 17.5 Å². The van der Waals surface area contributed by atoms with Gasteiger partial charge < -0.3 is 10.0 Å². The van der Waals surface area contributed by atoms with Gasteiger partial charge in [-0.25, -0.2) is 0 Å². The van der Waals surface area contributed by atoms with Crippen LogP contribution in [0.3, 0.4) is 0 Å². The van der Waals surface area contributed by atoms with E-state index in [0.717, 1.165) is 13.0 Å². The molecule has 0 unspecified atom stereocenters. The van der Waals surface area contributed by atoms with Gasteiger partial charge in [0.2, 0.25) is 0 Å². The molecule has 0 aromatic heterocycles. The number of fused-ring (bicyclic) bond motifs is 1. The molecule has 108 valence electrons. The molecule has 0 amide bonds. The van der Waals surface area contributed by atoms with E-state index in [1.807, 2.05) is 4.90 Å². The van der Waals surface area contributed by atoms with E-state index in [2.05, 4.69) is 36.7 Å². The molecule has 0 spiro atoms. The largest absolute Gasteiger partial charge is 0.480 e. The van der Waals surface area contributed by atoms with Crippen LogP contribution in [0.15, 0.2) is 30.9 Å². The molecule has 4 nitrogen and oxygen atoms in total. The predicted octanol–water partition coefficient (Wildman–Crippen LogP) is 2.14. The van der Waals surface area contributed by atoms with Crippen LogP contribution in [-0.4, -0.2) is 42.7 Å². The van der Waals surface area contributed by atoms with Crippen molar-refractivity contribution in [1.29, 1.82) is 0 Å². The summed E-state index contributed by atoms with van der Waals surface area (Å²) in [5.74, 6) is -0.801. The average Bonchev–Trinajstić information content (AvgIpc) is 2.38. The van der Waals surface area contributed by atoms with Crippen molar-refractivity contribution in [2.24, 2.45) is 0 Å². The number of aliphatic carboxylic acids is 1. The molecule has 0 saturated carbocycles. The average molecular weight is 274 g/mol. The Morgan fingerprint density at radius 2 is 2.35 bits per heavy atom. The summed E-state index contributed by atoms with van der Waals surface area (Å²) in [5, 5.41) is 8.93. The smallest absolute Gasteiger partial charge is 0.317 e. The lowest BCUT2D eigenvalue weighted by molar-refractivity contribution is -0.138. The molecule has 0 atom stereocenters. The molecule has 0 saturated heterocycles. The van der Waals surface area contributed by atoms with Gasteiger partial charge in [0.1, 0.15) is 0 Å². The second-order valence-electron chi connectivity index (χ2n) is 5.34. The van der Waals surface area contributed by atoms with Crippen molar-refractivity contribution in [2.45, 2.75) is 19.4 Å². The summed E-state index contributed by atoms with van der Waals surface area (Å²) in [6, 6.07) is 6.46. The molecule has 1 aromatic rings. The van der Waals surface area contributed by atoms with E-state index in [1.54, 1.807) is 6.08 Å². The number of anilines is 1. The summed E-state index contributed by atoms with van der Waals surface area (Å²) in [6.07, 6.45) is 4.03. The highest BCUT2D eigenvalue weighted by Gasteiger charge is 2.15. The summed E-state index contributed by atoms with van der Waals surface area (Å²) in [4.78, 5) is 15.0. The molecular formula is C16H22N2O2. The predicted molar refractivity (Wildman–Crippen MR) is 81.1 cm³/mol. The summed E-state index contributed by atoms with van der Waals surface area (Å²) in [7, 11) is 2.12. The molecule has 0 fully saturated rings. The van der Waals surface area contributed by atoms with Crippen molar-refractivity contribution >= 4 is 11.7 Å². The monoisotopic (exact) mass is 274 g/mol. The third-order valence-corrected chi connectivity index (χ3v) is 3.65. The second kappa shape index (κ2) is 6.57. The number of carboxylic acid groups (broad SMARTS) is 1. The molecule has 1 aliphatic rings. The van der Waals surface area contributed by atoms with E-state index in [4.69, 9.17) is 5.11 Å². The number of nitrogens with zero attached hydrogens (tertiary/aromatic N) is 2. The normalized spacial score (nSPS) is 14.2. The quantitative estimate of drug-likeness (QED) is 0.807. The maximum absolute atomic E-state index is 10.9. The molecule has 1 aliphatic heterocycles. The zero-order valence-corrected chi connectivity index (χ0v) is 12.0. The lowest BCUT2D eigenvalue weighted by Crippen LogP contribution is -2.30. The van der Waals surface area contributed by atoms with Crippen LogP contribution in [0.25, 0.3) is 0 Å². The zero-order valence-electron chi connectivity index (χ0n) is 12.0. The van der Waals surface area contributed by atoms with Crippen molar-refractivity contribution < 1.29 is 9.90 Å². The molecule has 1 N–H and O–H groups in total. The Hall–Kier alpha value is -1.81. The Balaban J connectivity index is 2.12. The van der Waals surface area contributed by atoms with E-state index >= 15 is 0 Å².